The van der Waals surface area contributed by atoms with E-state index in [0.717, 1.165) is 5.56 Å². The molecule has 1 fully saturated rings. The first-order valence-electron chi connectivity index (χ1n) is 9.59. The van der Waals surface area contributed by atoms with Crippen molar-refractivity contribution in [2.24, 2.45) is 0 Å². The maximum atomic E-state index is 12.7. The summed E-state index contributed by atoms with van der Waals surface area (Å²) in [5.41, 5.74) is 4.72. The number of para-hydroxylation sites is 1. The summed E-state index contributed by atoms with van der Waals surface area (Å²) in [6.07, 6.45) is 1.52. The minimum Gasteiger partial charge on any atom is -0.488 e. The molecular weight excluding hydrogens is 476 g/mol. The lowest BCUT2D eigenvalue weighted by atomic mass is 10.1. The van der Waals surface area contributed by atoms with E-state index < -0.39 is 17.8 Å². The Bertz CT molecular complexity index is 1240. The van der Waals surface area contributed by atoms with Crippen molar-refractivity contribution in [1.29, 1.82) is 0 Å². The highest BCUT2D eigenvalue weighted by Crippen LogP contribution is 2.29. The van der Waals surface area contributed by atoms with Gasteiger partial charge in [-0.05, 0) is 69.5 Å². The van der Waals surface area contributed by atoms with Gasteiger partial charge in [0.05, 0.1) is 15.7 Å². The number of carbonyl (C=O) groups is 3. The zero-order chi connectivity index (χ0) is 22.7. The van der Waals surface area contributed by atoms with Crippen LogP contribution in [0.25, 0.3) is 6.08 Å². The van der Waals surface area contributed by atoms with Gasteiger partial charge in [0.15, 0.2) is 0 Å². The lowest BCUT2D eigenvalue weighted by Gasteiger charge is -2.13. The van der Waals surface area contributed by atoms with Gasteiger partial charge in [0.25, 0.3) is 11.8 Å². The van der Waals surface area contributed by atoms with Gasteiger partial charge in [-0.2, -0.15) is 0 Å². The molecule has 8 heteroatoms. The maximum absolute atomic E-state index is 12.7. The summed E-state index contributed by atoms with van der Waals surface area (Å²) >= 11 is 3.44. The molecule has 0 saturated carbocycles. The Balaban J connectivity index is 1.49. The van der Waals surface area contributed by atoms with Crippen LogP contribution in [0, 0.1) is 0 Å². The van der Waals surface area contributed by atoms with Crippen LogP contribution in [0.4, 0.5) is 5.69 Å². The number of carbonyl (C=O) groups excluding carboxylic acids is 2. The number of carboxylic acid groups (broad SMARTS) is 1. The molecule has 2 N–H and O–H groups in total. The molecule has 1 aliphatic rings. The van der Waals surface area contributed by atoms with E-state index in [-0.39, 0.29) is 17.7 Å². The molecule has 4 rings (SSSR count). The van der Waals surface area contributed by atoms with Crippen molar-refractivity contribution in [3.05, 3.63) is 99.5 Å². The van der Waals surface area contributed by atoms with Gasteiger partial charge in [-0.3, -0.25) is 15.0 Å². The number of halogens is 1. The van der Waals surface area contributed by atoms with Gasteiger partial charge in [0.1, 0.15) is 17.9 Å². The summed E-state index contributed by atoms with van der Waals surface area (Å²) in [4.78, 5) is 36.1. The summed E-state index contributed by atoms with van der Waals surface area (Å²) in [6.45, 7) is 0.188. The van der Waals surface area contributed by atoms with Crippen LogP contribution in [-0.2, 0) is 16.2 Å². The third kappa shape index (κ3) is 4.55. The quantitative estimate of drug-likeness (QED) is 0.397. The number of ether oxygens (including phenoxy) is 1. The van der Waals surface area contributed by atoms with E-state index in [1.165, 1.54) is 17.2 Å². The Morgan fingerprint density at radius 3 is 2.53 bits per heavy atom. The van der Waals surface area contributed by atoms with Gasteiger partial charge >= 0.3 is 5.97 Å². The highest BCUT2D eigenvalue weighted by atomic mass is 79.9. The largest absolute Gasteiger partial charge is 0.488 e. The molecule has 0 atom stereocenters. The molecule has 7 nitrogen and oxygen atoms in total. The molecule has 1 saturated heterocycles. The minimum absolute atomic E-state index is 0.0277. The molecule has 1 heterocycles. The SMILES string of the molecule is O=C1NN(c2ccccc2)C(=O)/C1=C\c1ccc(OCc2cccc(C(=O)O)c2)c(Br)c1. The van der Waals surface area contributed by atoms with Crippen LogP contribution in [0.2, 0.25) is 0 Å². The van der Waals surface area contributed by atoms with Gasteiger partial charge in [-0.15, -0.1) is 0 Å². The number of amides is 2. The first-order valence-corrected chi connectivity index (χ1v) is 10.4. The van der Waals surface area contributed by atoms with Gasteiger partial charge in [0.2, 0.25) is 0 Å². The lowest BCUT2D eigenvalue weighted by Crippen LogP contribution is -2.35. The molecule has 0 unspecified atom stereocenters. The number of rotatable bonds is 6. The molecule has 2 amide bonds. The monoisotopic (exact) mass is 492 g/mol. The molecule has 0 spiro atoms. The van der Waals surface area contributed by atoms with E-state index in [4.69, 9.17) is 9.84 Å². The normalized spacial score (nSPS) is 14.5. The van der Waals surface area contributed by atoms with E-state index in [1.54, 1.807) is 60.7 Å². The molecule has 0 radical (unpaired) electrons. The fraction of sp³-hybridized carbons (Fsp3) is 0.0417. The summed E-state index contributed by atoms with van der Waals surface area (Å²) in [5, 5.41) is 10.3. The number of hydrogen-bond donors (Lipinski definition) is 2. The Labute approximate surface area is 192 Å². The second-order valence-electron chi connectivity index (χ2n) is 6.96. The van der Waals surface area contributed by atoms with Crippen molar-refractivity contribution in [2.45, 2.75) is 6.61 Å². The van der Waals surface area contributed by atoms with E-state index in [2.05, 4.69) is 21.4 Å². The Kier molecular flexibility index (Phi) is 6.04. The third-order valence-electron chi connectivity index (χ3n) is 4.74. The molecule has 32 heavy (non-hydrogen) atoms. The zero-order valence-corrected chi connectivity index (χ0v) is 18.2. The fourth-order valence-electron chi connectivity index (χ4n) is 3.16. The van der Waals surface area contributed by atoms with Crippen LogP contribution in [0.15, 0.2) is 82.8 Å². The first-order chi connectivity index (χ1) is 15.4. The van der Waals surface area contributed by atoms with Crippen molar-refractivity contribution < 1.29 is 24.2 Å². The minimum atomic E-state index is -0.998. The predicted molar refractivity (Wildman–Crippen MR) is 122 cm³/mol. The molecule has 0 bridgehead atoms. The predicted octanol–water partition coefficient (Wildman–Crippen LogP) is 4.19. The second-order valence-corrected chi connectivity index (χ2v) is 7.81. The Hall–Kier alpha value is -3.91. The number of nitrogens with zero attached hydrogens (tertiary/aromatic N) is 1. The summed E-state index contributed by atoms with van der Waals surface area (Å²) in [5.74, 6) is -1.37. The van der Waals surface area contributed by atoms with Crippen molar-refractivity contribution in [2.75, 3.05) is 5.01 Å². The second kappa shape index (κ2) is 9.07. The molecule has 3 aromatic rings. The van der Waals surface area contributed by atoms with Gasteiger partial charge < -0.3 is 9.84 Å². The average Bonchev–Trinajstić information content (AvgIpc) is 3.07. The number of carboxylic acids is 1. The lowest BCUT2D eigenvalue weighted by molar-refractivity contribution is -0.117. The third-order valence-corrected chi connectivity index (χ3v) is 5.36. The van der Waals surface area contributed by atoms with Gasteiger partial charge in [0, 0.05) is 0 Å². The van der Waals surface area contributed by atoms with Crippen molar-refractivity contribution >= 4 is 45.5 Å². The summed E-state index contributed by atoms with van der Waals surface area (Å²) in [7, 11) is 0. The average molecular weight is 493 g/mol. The standard InChI is InChI=1S/C24H17BrN2O5/c25-20-13-15(9-10-21(20)32-14-16-5-4-6-17(11-16)24(30)31)12-19-22(28)26-27(23(19)29)18-7-2-1-3-8-18/h1-13H,14H2,(H,26,28)(H,30,31)/b19-12-. The van der Waals surface area contributed by atoms with Gasteiger partial charge in [-0.25, -0.2) is 9.80 Å². The highest BCUT2D eigenvalue weighted by molar-refractivity contribution is 9.10. The zero-order valence-electron chi connectivity index (χ0n) is 16.6. The van der Waals surface area contributed by atoms with E-state index >= 15 is 0 Å². The summed E-state index contributed by atoms with van der Waals surface area (Å²) < 4.78 is 6.42. The van der Waals surface area contributed by atoms with Crippen LogP contribution in [-0.4, -0.2) is 22.9 Å². The van der Waals surface area contributed by atoms with Crippen molar-refractivity contribution in [1.82, 2.24) is 5.43 Å². The van der Waals surface area contributed by atoms with Crippen LogP contribution in [0.1, 0.15) is 21.5 Å². The molecule has 1 aliphatic heterocycles. The molecule has 160 valence electrons. The smallest absolute Gasteiger partial charge is 0.335 e. The first kappa shape index (κ1) is 21.3. The summed E-state index contributed by atoms with van der Waals surface area (Å²) in [6, 6.07) is 20.5. The number of aromatic carboxylic acids is 1. The van der Waals surface area contributed by atoms with E-state index in [1.807, 2.05) is 6.07 Å². The topological polar surface area (TPSA) is 95.9 Å². The molecule has 0 aliphatic carbocycles. The van der Waals surface area contributed by atoms with E-state index in [9.17, 15) is 14.4 Å². The van der Waals surface area contributed by atoms with Crippen LogP contribution < -0.4 is 15.2 Å². The van der Waals surface area contributed by atoms with Crippen molar-refractivity contribution in [3.8, 4) is 5.75 Å². The van der Waals surface area contributed by atoms with Gasteiger partial charge in [-0.1, -0.05) is 36.4 Å². The number of hydrogen-bond acceptors (Lipinski definition) is 4. The Morgan fingerprint density at radius 1 is 1.03 bits per heavy atom. The highest BCUT2D eigenvalue weighted by Gasteiger charge is 2.34. The number of hydrazine groups is 1. The van der Waals surface area contributed by atoms with E-state index in [0.29, 0.717) is 21.5 Å². The molecule has 0 aromatic heterocycles. The number of benzene rings is 3. The van der Waals surface area contributed by atoms with Crippen LogP contribution >= 0.6 is 15.9 Å². The van der Waals surface area contributed by atoms with Crippen LogP contribution in [0.3, 0.4) is 0 Å². The fourth-order valence-corrected chi connectivity index (χ4v) is 3.67. The molecule has 3 aromatic carbocycles. The Morgan fingerprint density at radius 2 is 1.81 bits per heavy atom. The van der Waals surface area contributed by atoms with Crippen molar-refractivity contribution in [3.63, 3.8) is 0 Å². The number of nitrogens with one attached hydrogen (secondary N) is 1. The van der Waals surface area contributed by atoms with Crippen LogP contribution in [0.5, 0.6) is 5.75 Å². The maximum Gasteiger partial charge on any atom is 0.335 e. The molecular formula is C24H17BrN2O5. The number of anilines is 1.